The second kappa shape index (κ2) is 8.67. The molecule has 9 heteroatoms. The van der Waals surface area contributed by atoms with E-state index in [1.165, 1.54) is 30.3 Å². The topological polar surface area (TPSA) is 87.7 Å². The number of fused-ring (bicyclic) bond motifs is 3. The van der Waals surface area contributed by atoms with E-state index >= 15 is 0 Å². The van der Waals surface area contributed by atoms with Gasteiger partial charge >= 0.3 is 0 Å². The molecule has 0 heterocycles. The molecule has 3 aliphatic rings. The Labute approximate surface area is 188 Å². The van der Waals surface area contributed by atoms with Gasteiger partial charge in [-0.15, -0.1) is 0 Å². The predicted octanol–water partition coefficient (Wildman–Crippen LogP) is 3.36. The summed E-state index contributed by atoms with van der Waals surface area (Å²) in [5, 5.41) is 16.6. The summed E-state index contributed by atoms with van der Waals surface area (Å²) in [6.07, 6.45) is 1.33. The minimum absolute atomic E-state index is 0.0373. The third kappa shape index (κ3) is 4.42. The Morgan fingerprint density at radius 3 is 2.44 bits per heavy atom. The van der Waals surface area contributed by atoms with Crippen LogP contribution in [0.5, 0.6) is 5.75 Å². The summed E-state index contributed by atoms with van der Waals surface area (Å²) in [4.78, 5) is 25.1. The summed E-state index contributed by atoms with van der Waals surface area (Å²) in [6.45, 7) is -0.311. The van der Waals surface area contributed by atoms with Gasteiger partial charge in [0.05, 0.1) is 22.2 Å². The summed E-state index contributed by atoms with van der Waals surface area (Å²) in [7, 11) is 0. The summed E-state index contributed by atoms with van der Waals surface area (Å²) in [5.41, 5.74) is -1.54. The Kier molecular flexibility index (Phi) is 6.09. The van der Waals surface area contributed by atoms with E-state index in [-0.39, 0.29) is 29.4 Å². The zero-order valence-corrected chi connectivity index (χ0v) is 17.9. The van der Waals surface area contributed by atoms with Crippen LogP contribution in [0.2, 0.25) is 5.02 Å². The van der Waals surface area contributed by atoms with Crippen molar-refractivity contribution in [2.45, 2.75) is 49.3 Å². The van der Waals surface area contributed by atoms with Crippen molar-refractivity contribution in [3.63, 3.8) is 0 Å². The van der Waals surface area contributed by atoms with Gasteiger partial charge in [0.2, 0.25) is 0 Å². The highest BCUT2D eigenvalue weighted by Gasteiger charge is 2.55. The summed E-state index contributed by atoms with van der Waals surface area (Å²) >= 11 is 5.63. The number of aliphatic hydroxyl groups is 1. The first-order valence-electron chi connectivity index (χ1n) is 10.4. The number of hydrogen-bond donors (Lipinski definition) is 3. The number of nitrogens with one attached hydrogen (secondary N) is 2. The molecule has 170 valence electrons. The van der Waals surface area contributed by atoms with E-state index in [9.17, 15) is 23.5 Å². The summed E-state index contributed by atoms with van der Waals surface area (Å²) in [6, 6.07) is 9.61. The molecule has 0 saturated heterocycles. The molecule has 3 N–H and O–H groups in total. The molecule has 2 bridgehead atoms. The predicted molar refractivity (Wildman–Crippen MR) is 113 cm³/mol. The fraction of sp³-hybridized carbons (Fsp3) is 0.391. The number of ether oxygens (including phenoxy) is 1. The highest BCUT2D eigenvalue weighted by Crippen LogP contribution is 2.47. The van der Waals surface area contributed by atoms with Crippen LogP contribution in [0.4, 0.5) is 8.78 Å². The van der Waals surface area contributed by atoms with Crippen LogP contribution in [0.25, 0.3) is 0 Å². The van der Waals surface area contributed by atoms with Crippen molar-refractivity contribution in [2.24, 2.45) is 0 Å². The van der Waals surface area contributed by atoms with E-state index in [2.05, 4.69) is 10.6 Å². The number of amides is 2. The van der Waals surface area contributed by atoms with Crippen LogP contribution in [0.15, 0.2) is 42.5 Å². The molecule has 0 radical (unpaired) electrons. The number of carbonyl (C=O) groups is 2. The first-order valence-corrected chi connectivity index (χ1v) is 10.7. The van der Waals surface area contributed by atoms with Gasteiger partial charge in [0.1, 0.15) is 17.4 Å². The molecule has 1 atom stereocenters. The van der Waals surface area contributed by atoms with Gasteiger partial charge in [-0.3, -0.25) is 9.59 Å². The molecule has 2 aromatic carbocycles. The zero-order valence-electron chi connectivity index (χ0n) is 17.2. The molecule has 3 fully saturated rings. The third-order valence-corrected chi connectivity index (χ3v) is 6.77. The second-order valence-corrected chi connectivity index (χ2v) is 8.91. The van der Waals surface area contributed by atoms with Crippen molar-refractivity contribution in [1.29, 1.82) is 0 Å². The van der Waals surface area contributed by atoms with Gasteiger partial charge in [-0.2, -0.15) is 0 Å². The molecule has 0 spiro atoms. The van der Waals surface area contributed by atoms with Gasteiger partial charge in [-0.25, -0.2) is 8.78 Å². The first-order chi connectivity index (χ1) is 15.2. The van der Waals surface area contributed by atoms with Crippen LogP contribution < -0.4 is 15.4 Å². The molecule has 5 rings (SSSR count). The molecule has 2 aromatic rings. The highest BCUT2D eigenvalue weighted by molar-refractivity contribution is 6.30. The summed E-state index contributed by atoms with van der Waals surface area (Å²) in [5.74, 6) is -2.03. The minimum atomic E-state index is -0.896. The van der Waals surface area contributed by atoms with Crippen LogP contribution in [-0.4, -0.2) is 40.7 Å². The SMILES string of the molecule is O=C(COc1ccc(Cl)c(F)c1)NC12CCC(NC(=O)c3ccccc3F)(CC1)[C@H](O)C2. The number of halogens is 3. The molecule has 32 heavy (non-hydrogen) atoms. The standard InChI is InChI=1S/C23H23ClF2N2O4/c24-16-6-5-14(11-18(16)26)32-13-20(30)27-22-7-9-23(10-8-22,19(29)12-22)28-21(31)15-3-1-2-4-17(15)25/h1-6,11,19,29H,7-10,12-13H2,(H,27,30)(H,28,31)/t19-,22?,23?/m1/s1. The number of benzene rings is 2. The molecular formula is C23H23ClF2N2O4. The lowest BCUT2D eigenvalue weighted by molar-refractivity contribution is -0.129. The highest BCUT2D eigenvalue weighted by atomic mass is 35.5. The largest absolute Gasteiger partial charge is 0.484 e. The third-order valence-electron chi connectivity index (χ3n) is 6.47. The Balaban J connectivity index is 1.35. The lowest BCUT2D eigenvalue weighted by Gasteiger charge is -2.56. The van der Waals surface area contributed by atoms with E-state index < -0.39 is 40.6 Å². The average Bonchev–Trinajstić information content (AvgIpc) is 2.76. The Hall–Kier alpha value is -2.71. The van der Waals surface area contributed by atoms with Gasteiger partial charge in [-0.1, -0.05) is 23.7 Å². The van der Waals surface area contributed by atoms with Gasteiger partial charge in [-0.05, 0) is 56.4 Å². The van der Waals surface area contributed by atoms with E-state index in [1.54, 1.807) is 6.07 Å². The van der Waals surface area contributed by atoms with Crippen molar-refractivity contribution in [1.82, 2.24) is 10.6 Å². The maximum Gasteiger partial charge on any atom is 0.258 e. The number of aliphatic hydroxyl groups excluding tert-OH is 1. The van der Waals surface area contributed by atoms with Gasteiger partial charge in [0.25, 0.3) is 11.8 Å². The first kappa shape index (κ1) is 22.5. The molecule has 3 saturated carbocycles. The molecular weight excluding hydrogens is 442 g/mol. The lowest BCUT2D eigenvalue weighted by Crippen LogP contribution is -2.70. The molecule has 3 aliphatic carbocycles. The van der Waals surface area contributed by atoms with Crippen molar-refractivity contribution in [3.05, 3.63) is 64.7 Å². The van der Waals surface area contributed by atoms with Gasteiger partial charge in [0, 0.05) is 11.6 Å². The number of rotatable bonds is 6. The van der Waals surface area contributed by atoms with E-state index in [0.717, 1.165) is 6.07 Å². The van der Waals surface area contributed by atoms with Crippen LogP contribution >= 0.6 is 11.6 Å². The van der Waals surface area contributed by atoms with E-state index in [1.807, 2.05) is 0 Å². The van der Waals surface area contributed by atoms with Crippen LogP contribution in [0.3, 0.4) is 0 Å². The normalized spacial score (nSPS) is 26.4. The van der Waals surface area contributed by atoms with Gasteiger partial charge in [0.15, 0.2) is 6.61 Å². The molecule has 2 amide bonds. The van der Waals surface area contributed by atoms with E-state index in [4.69, 9.17) is 16.3 Å². The van der Waals surface area contributed by atoms with Crippen LogP contribution in [0, 0.1) is 11.6 Å². The van der Waals surface area contributed by atoms with Crippen LogP contribution in [0.1, 0.15) is 42.5 Å². The monoisotopic (exact) mass is 464 g/mol. The fourth-order valence-electron chi connectivity index (χ4n) is 4.65. The Morgan fingerprint density at radius 1 is 1.06 bits per heavy atom. The molecule has 0 unspecified atom stereocenters. The van der Waals surface area contributed by atoms with Crippen molar-refractivity contribution >= 4 is 23.4 Å². The average molecular weight is 465 g/mol. The number of hydrogen-bond acceptors (Lipinski definition) is 4. The van der Waals surface area contributed by atoms with E-state index in [0.29, 0.717) is 25.7 Å². The quantitative estimate of drug-likeness (QED) is 0.611. The lowest BCUT2D eigenvalue weighted by atomic mass is 9.60. The van der Waals surface area contributed by atoms with Crippen molar-refractivity contribution < 1.29 is 28.2 Å². The molecule has 6 nitrogen and oxygen atoms in total. The molecule has 0 aromatic heterocycles. The van der Waals surface area contributed by atoms with Crippen molar-refractivity contribution in [3.8, 4) is 5.75 Å². The maximum atomic E-state index is 14.0. The smallest absolute Gasteiger partial charge is 0.258 e. The fourth-order valence-corrected chi connectivity index (χ4v) is 4.77. The summed E-state index contributed by atoms with van der Waals surface area (Å²) < 4.78 is 32.8. The molecule has 0 aliphatic heterocycles. The second-order valence-electron chi connectivity index (χ2n) is 8.50. The number of carbonyl (C=O) groups excluding carboxylic acids is 2. The maximum absolute atomic E-state index is 14.0. The van der Waals surface area contributed by atoms with Gasteiger partial charge < -0.3 is 20.5 Å². The van der Waals surface area contributed by atoms with Crippen molar-refractivity contribution in [2.75, 3.05) is 6.61 Å². The zero-order chi connectivity index (χ0) is 22.9. The van der Waals surface area contributed by atoms with Crippen LogP contribution in [-0.2, 0) is 4.79 Å². The minimum Gasteiger partial charge on any atom is -0.484 e. The Morgan fingerprint density at radius 2 is 1.78 bits per heavy atom. The Bertz CT molecular complexity index is 1040.